The number of nitrogens with one attached hydrogen (secondary N) is 2. The fraction of sp³-hybridized carbons (Fsp3) is 0.300. The van der Waals surface area contributed by atoms with Crippen LogP contribution < -0.4 is 15.4 Å². The zero-order valence-corrected chi connectivity index (χ0v) is 18.0. The van der Waals surface area contributed by atoms with Gasteiger partial charge in [-0.05, 0) is 30.7 Å². The minimum Gasteiger partial charge on any atom is -0.492 e. The van der Waals surface area contributed by atoms with Gasteiger partial charge in [-0.15, -0.1) is 24.0 Å². The van der Waals surface area contributed by atoms with Crippen molar-refractivity contribution in [2.45, 2.75) is 13.3 Å². The number of guanidine groups is 1. The van der Waals surface area contributed by atoms with E-state index in [-0.39, 0.29) is 24.0 Å². The number of nitrogens with zero attached hydrogens (tertiary/aromatic N) is 3. The Kier molecular flexibility index (Phi) is 8.38. The molecule has 2 aromatic heterocycles. The van der Waals surface area contributed by atoms with Crippen LogP contribution in [0.5, 0.6) is 5.75 Å². The Morgan fingerprint density at radius 1 is 1.11 bits per heavy atom. The third-order valence-corrected chi connectivity index (χ3v) is 4.03. The average Bonchev–Trinajstić information content (AvgIpc) is 3.09. The molecule has 0 unspecified atom stereocenters. The molecule has 144 valence electrons. The van der Waals surface area contributed by atoms with Crippen molar-refractivity contribution in [3.8, 4) is 5.75 Å². The summed E-state index contributed by atoms with van der Waals surface area (Å²) in [6.45, 7) is 4.11. The van der Waals surface area contributed by atoms with Crippen molar-refractivity contribution < 1.29 is 4.74 Å². The van der Waals surface area contributed by atoms with E-state index in [4.69, 9.17) is 4.74 Å². The fourth-order valence-corrected chi connectivity index (χ4v) is 2.71. The quantitative estimate of drug-likeness (QED) is 0.237. The first kappa shape index (κ1) is 21.0. The van der Waals surface area contributed by atoms with E-state index in [0.717, 1.165) is 36.0 Å². The molecule has 6 nitrogen and oxygen atoms in total. The van der Waals surface area contributed by atoms with Gasteiger partial charge >= 0.3 is 0 Å². The van der Waals surface area contributed by atoms with Crippen LogP contribution in [0, 0.1) is 6.92 Å². The normalized spacial score (nSPS) is 11.1. The highest BCUT2D eigenvalue weighted by Crippen LogP contribution is 2.10. The molecule has 0 radical (unpaired) electrons. The molecule has 0 aliphatic carbocycles. The number of ether oxygens (including phenoxy) is 1. The van der Waals surface area contributed by atoms with Crippen molar-refractivity contribution in [3.63, 3.8) is 0 Å². The number of aromatic nitrogens is 2. The van der Waals surface area contributed by atoms with Gasteiger partial charge in [0.05, 0.1) is 12.2 Å². The molecule has 0 aliphatic rings. The number of imidazole rings is 1. The molecule has 0 atom stereocenters. The number of hydrogen-bond donors (Lipinski definition) is 2. The number of pyridine rings is 1. The number of aliphatic imine (C=N–C) groups is 1. The van der Waals surface area contributed by atoms with E-state index >= 15 is 0 Å². The third-order valence-electron chi connectivity index (χ3n) is 4.03. The van der Waals surface area contributed by atoms with Gasteiger partial charge in [0.25, 0.3) is 0 Å². The number of rotatable bonds is 7. The summed E-state index contributed by atoms with van der Waals surface area (Å²) >= 11 is 0. The zero-order chi connectivity index (χ0) is 18.2. The van der Waals surface area contributed by atoms with E-state index < -0.39 is 0 Å². The van der Waals surface area contributed by atoms with Crippen LogP contribution in [-0.4, -0.2) is 42.1 Å². The smallest absolute Gasteiger partial charge is 0.191 e. The van der Waals surface area contributed by atoms with Gasteiger partial charge in [0.1, 0.15) is 18.0 Å². The molecule has 3 rings (SSSR count). The number of halogens is 1. The first-order valence-corrected chi connectivity index (χ1v) is 8.82. The van der Waals surface area contributed by atoms with E-state index in [1.165, 1.54) is 5.56 Å². The SMILES string of the molecule is CN=C(NCCOc1ccccc1)NCCc1cn2cccc(C)c2n1.I. The molecule has 7 heteroatoms. The second-order valence-corrected chi connectivity index (χ2v) is 5.99. The number of benzene rings is 1. The summed E-state index contributed by atoms with van der Waals surface area (Å²) in [5.41, 5.74) is 3.26. The molecule has 0 saturated heterocycles. The van der Waals surface area contributed by atoms with Crippen LogP contribution in [0.25, 0.3) is 5.65 Å². The monoisotopic (exact) mass is 479 g/mol. The number of fused-ring (bicyclic) bond motifs is 1. The lowest BCUT2D eigenvalue weighted by Crippen LogP contribution is -2.40. The van der Waals surface area contributed by atoms with Crippen molar-refractivity contribution in [1.29, 1.82) is 0 Å². The summed E-state index contributed by atoms with van der Waals surface area (Å²) in [6.07, 6.45) is 4.94. The van der Waals surface area contributed by atoms with Crippen LogP contribution in [0.3, 0.4) is 0 Å². The Morgan fingerprint density at radius 3 is 2.63 bits per heavy atom. The maximum Gasteiger partial charge on any atom is 0.191 e. The first-order chi connectivity index (χ1) is 12.8. The highest BCUT2D eigenvalue weighted by Gasteiger charge is 2.04. The van der Waals surface area contributed by atoms with Crippen LogP contribution in [0.4, 0.5) is 0 Å². The van der Waals surface area contributed by atoms with E-state index in [1.807, 2.05) is 42.6 Å². The van der Waals surface area contributed by atoms with Crippen molar-refractivity contribution in [3.05, 3.63) is 66.1 Å². The second kappa shape index (κ2) is 10.8. The lowest BCUT2D eigenvalue weighted by atomic mass is 10.3. The second-order valence-electron chi connectivity index (χ2n) is 5.99. The van der Waals surface area contributed by atoms with Crippen molar-refractivity contribution in [2.24, 2.45) is 4.99 Å². The van der Waals surface area contributed by atoms with Gasteiger partial charge in [-0.1, -0.05) is 24.3 Å². The van der Waals surface area contributed by atoms with E-state index in [2.05, 4.69) is 44.2 Å². The lowest BCUT2D eigenvalue weighted by molar-refractivity contribution is 0.322. The number of aryl methyl sites for hydroxylation is 1. The van der Waals surface area contributed by atoms with Crippen molar-refractivity contribution >= 4 is 35.6 Å². The lowest BCUT2D eigenvalue weighted by Gasteiger charge is -2.12. The van der Waals surface area contributed by atoms with Crippen molar-refractivity contribution in [1.82, 2.24) is 20.0 Å². The van der Waals surface area contributed by atoms with Gasteiger partial charge < -0.3 is 19.8 Å². The predicted octanol–water partition coefficient (Wildman–Crippen LogP) is 3.05. The van der Waals surface area contributed by atoms with Crippen LogP contribution in [0.15, 0.2) is 59.9 Å². The molecular formula is C20H26IN5O. The summed E-state index contributed by atoms with van der Waals surface area (Å²) in [6, 6.07) is 13.9. The Labute approximate surface area is 177 Å². The molecule has 0 aliphatic heterocycles. The Hall–Kier alpha value is -2.29. The van der Waals surface area contributed by atoms with Gasteiger partial charge in [-0.25, -0.2) is 4.98 Å². The zero-order valence-electron chi connectivity index (χ0n) is 15.7. The van der Waals surface area contributed by atoms with Crippen LogP contribution in [-0.2, 0) is 6.42 Å². The van der Waals surface area contributed by atoms with Crippen LogP contribution in [0.1, 0.15) is 11.3 Å². The molecule has 0 bridgehead atoms. The van der Waals surface area contributed by atoms with Crippen molar-refractivity contribution in [2.75, 3.05) is 26.7 Å². The Morgan fingerprint density at radius 2 is 1.89 bits per heavy atom. The molecule has 0 amide bonds. The molecule has 0 saturated carbocycles. The van der Waals surface area contributed by atoms with Gasteiger partial charge in [0.2, 0.25) is 0 Å². The number of para-hydroxylation sites is 1. The van der Waals surface area contributed by atoms with Crippen LogP contribution >= 0.6 is 24.0 Å². The molecule has 0 spiro atoms. The molecular weight excluding hydrogens is 453 g/mol. The predicted molar refractivity (Wildman–Crippen MR) is 120 cm³/mol. The van der Waals surface area contributed by atoms with E-state index in [9.17, 15) is 0 Å². The minimum atomic E-state index is 0. The molecule has 3 aromatic rings. The molecule has 2 heterocycles. The molecule has 2 N–H and O–H groups in total. The Bertz CT molecular complexity index is 863. The summed E-state index contributed by atoms with van der Waals surface area (Å²) in [7, 11) is 1.77. The van der Waals surface area contributed by atoms with Gasteiger partial charge in [-0.2, -0.15) is 0 Å². The number of hydrogen-bond acceptors (Lipinski definition) is 3. The highest BCUT2D eigenvalue weighted by molar-refractivity contribution is 14.0. The standard InChI is InChI=1S/C20H25N5O.HI/c1-16-7-6-13-25-15-17(24-19(16)25)10-11-22-20(21-2)23-12-14-26-18-8-4-3-5-9-18;/h3-9,13,15H,10-12,14H2,1-2H3,(H2,21,22,23);1H. The van der Waals surface area contributed by atoms with Gasteiger partial charge in [-0.3, -0.25) is 4.99 Å². The van der Waals surface area contributed by atoms with Crippen LogP contribution in [0.2, 0.25) is 0 Å². The highest BCUT2D eigenvalue weighted by atomic mass is 127. The Balaban J connectivity index is 0.00000261. The maximum atomic E-state index is 5.66. The average molecular weight is 479 g/mol. The largest absolute Gasteiger partial charge is 0.492 e. The minimum absolute atomic E-state index is 0. The van der Waals surface area contributed by atoms with E-state index in [0.29, 0.717) is 13.2 Å². The topological polar surface area (TPSA) is 63.0 Å². The third kappa shape index (κ3) is 6.13. The van der Waals surface area contributed by atoms with Gasteiger partial charge in [0, 0.05) is 32.4 Å². The molecule has 27 heavy (non-hydrogen) atoms. The molecule has 0 fully saturated rings. The first-order valence-electron chi connectivity index (χ1n) is 8.82. The summed E-state index contributed by atoms with van der Waals surface area (Å²) in [5, 5.41) is 6.56. The fourth-order valence-electron chi connectivity index (χ4n) is 2.71. The summed E-state index contributed by atoms with van der Waals surface area (Å²) in [4.78, 5) is 8.92. The summed E-state index contributed by atoms with van der Waals surface area (Å²) in [5.74, 6) is 1.64. The maximum absolute atomic E-state index is 5.66. The van der Waals surface area contributed by atoms with Gasteiger partial charge in [0.15, 0.2) is 5.96 Å². The summed E-state index contributed by atoms with van der Waals surface area (Å²) < 4.78 is 7.73. The van der Waals surface area contributed by atoms with E-state index in [1.54, 1.807) is 7.05 Å². The molecule has 1 aromatic carbocycles.